The molecule has 21 heavy (non-hydrogen) atoms. The summed E-state index contributed by atoms with van der Waals surface area (Å²) in [5.74, 6) is 2.22. The molecule has 122 valence electrons. The molecule has 1 aliphatic carbocycles. The van der Waals surface area contributed by atoms with Gasteiger partial charge in [-0.15, -0.1) is 0 Å². The minimum atomic E-state index is 0.485. The maximum Gasteiger partial charge on any atom is 0.191 e. The molecule has 0 amide bonds. The largest absolute Gasteiger partial charge is 0.376 e. The summed E-state index contributed by atoms with van der Waals surface area (Å²) in [6, 6.07) is 0. The lowest BCUT2D eigenvalue weighted by molar-refractivity contribution is 0.0468. The van der Waals surface area contributed by atoms with Crippen LogP contribution in [0.2, 0.25) is 0 Å². The van der Waals surface area contributed by atoms with Crippen molar-refractivity contribution in [2.75, 3.05) is 32.5 Å². The van der Waals surface area contributed by atoms with Crippen LogP contribution in [0.1, 0.15) is 51.4 Å². The smallest absolute Gasteiger partial charge is 0.191 e. The second kappa shape index (κ2) is 10.3. The van der Waals surface area contributed by atoms with Gasteiger partial charge in [0, 0.05) is 25.4 Å². The van der Waals surface area contributed by atoms with Gasteiger partial charge in [-0.05, 0) is 31.4 Å². The van der Waals surface area contributed by atoms with Crippen LogP contribution in [0, 0.1) is 0 Å². The Morgan fingerprint density at radius 2 is 1.90 bits per heavy atom. The van der Waals surface area contributed by atoms with E-state index in [4.69, 9.17) is 4.74 Å². The van der Waals surface area contributed by atoms with Gasteiger partial charge >= 0.3 is 0 Å². The Labute approximate surface area is 133 Å². The zero-order chi connectivity index (χ0) is 14.8. The summed E-state index contributed by atoms with van der Waals surface area (Å²) in [5.41, 5.74) is 0. The van der Waals surface area contributed by atoms with Gasteiger partial charge in [0.05, 0.1) is 12.7 Å². The van der Waals surface area contributed by atoms with Gasteiger partial charge in [-0.25, -0.2) is 0 Å². The highest BCUT2D eigenvalue weighted by Crippen LogP contribution is 2.25. The first-order chi connectivity index (χ1) is 10.4. The van der Waals surface area contributed by atoms with E-state index in [9.17, 15) is 0 Å². The van der Waals surface area contributed by atoms with Crippen molar-refractivity contribution in [2.45, 2.75) is 62.7 Å². The molecule has 2 N–H and O–H groups in total. The molecule has 1 unspecified atom stereocenters. The summed E-state index contributed by atoms with van der Waals surface area (Å²) >= 11 is 2.07. The molecule has 0 aromatic rings. The molecule has 2 fully saturated rings. The van der Waals surface area contributed by atoms with Crippen molar-refractivity contribution >= 4 is 17.7 Å². The molecule has 0 aromatic carbocycles. The molecule has 0 bridgehead atoms. The van der Waals surface area contributed by atoms with Crippen LogP contribution in [-0.2, 0) is 4.74 Å². The molecule has 2 aliphatic rings. The van der Waals surface area contributed by atoms with Gasteiger partial charge < -0.3 is 15.4 Å². The Morgan fingerprint density at radius 1 is 1.10 bits per heavy atom. The van der Waals surface area contributed by atoms with E-state index in [0.29, 0.717) is 6.10 Å². The SMILES string of the molecule is CN=C(NCCOC1CCCCCC1)NCC1CCCS1. The van der Waals surface area contributed by atoms with Gasteiger partial charge in [0.2, 0.25) is 0 Å². The van der Waals surface area contributed by atoms with Crippen LogP contribution < -0.4 is 10.6 Å². The van der Waals surface area contributed by atoms with E-state index in [1.165, 1.54) is 57.1 Å². The van der Waals surface area contributed by atoms with Crippen LogP contribution in [0.15, 0.2) is 4.99 Å². The summed E-state index contributed by atoms with van der Waals surface area (Å²) < 4.78 is 5.99. The third-order valence-corrected chi connectivity index (χ3v) is 5.69. The molecule has 0 radical (unpaired) electrons. The Balaban J connectivity index is 1.53. The van der Waals surface area contributed by atoms with Gasteiger partial charge in [0.15, 0.2) is 5.96 Å². The van der Waals surface area contributed by atoms with Crippen molar-refractivity contribution in [1.82, 2.24) is 10.6 Å². The van der Waals surface area contributed by atoms with Gasteiger partial charge in [-0.2, -0.15) is 11.8 Å². The molecule has 2 rings (SSSR count). The van der Waals surface area contributed by atoms with Crippen LogP contribution >= 0.6 is 11.8 Å². The first kappa shape index (κ1) is 16.9. The summed E-state index contributed by atoms with van der Waals surface area (Å²) in [6.07, 6.45) is 11.1. The Hall–Kier alpha value is -0.420. The normalized spacial score (nSPS) is 24.8. The van der Waals surface area contributed by atoms with Gasteiger partial charge in [0.1, 0.15) is 0 Å². The van der Waals surface area contributed by atoms with Crippen molar-refractivity contribution in [3.8, 4) is 0 Å². The molecule has 0 aromatic heterocycles. The fraction of sp³-hybridized carbons (Fsp3) is 0.938. The number of aliphatic imine (C=N–C) groups is 1. The van der Waals surface area contributed by atoms with E-state index < -0.39 is 0 Å². The van der Waals surface area contributed by atoms with Crippen molar-refractivity contribution in [1.29, 1.82) is 0 Å². The molecule has 5 heteroatoms. The van der Waals surface area contributed by atoms with E-state index in [1.54, 1.807) is 0 Å². The van der Waals surface area contributed by atoms with Crippen molar-refractivity contribution in [2.24, 2.45) is 4.99 Å². The quantitative estimate of drug-likeness (QED) is 0.343. The highest BCUT2D eigenvalue weighted by atomic mass is 32.2. The van der Waals surface area contributed by atoms with Gasteiger partial charge in [-0.3, -0.25) is 4.99 Å². The molecule has 1 saturated carbocycles. The number of thioether (sulfide) groups is 1. The number of rotatable bonds is 6. The van der Waals surface area contributed by atoms with E-state index in [2.05, 4.69) is 27.4 Å². The number of hydrogen-bond acceptors (Lipinski definition) is 3. The van der Waals surface area contributed by atoms with E-state index in [-0.39, 0.29) is 0 Å². The van der Waals surface area contributed by atoms with Crippen LogP contribution in [0.5, 0.6) is 0 Å². The van der Waals surface area contributed by atoms with Crippen LogP contribution in [-0.4, -0.2) is 49.8 Å². The summed E-state index contributed by atoms with van der Waals surface area (Å²) in [6.45, 7) is 2.64. The van der Waals surface area contributed by atoms with Crippen molar-refractivity contribution in [3.63, 3.8) is 0 Å². The molecule has 1 saturated heterocycles. The highest BCUT2D eigenvalue weighted by molar-refractivity contribution is 8.00. The molecule has 0 spiro atoms. The third-order valence-electron chi connectivity index (χ3n) is 4.30. The zero-order valence-electron chi connectivity index (χ0n) is 13.4. The number of hydrogen-bond donors (Lipinski definition) is 2. The average molecular weight is 314 g/mol. The minimum Gasteiger partial charge on any atom is -0.376 e. The maximum absolute atomic E-state index is 5.99. The Morgan fingerprint density at radius 3 is 2.57 bits per heavy atom. The molecule has 1 heterocycles. The molecular weight excluding hydrogens is 282 g/mol. The lowest BCUT2D eigenvalue weighted by atomic mass is 10.1. The second-order valence-corrected chi connectivity index (χ2v) is 7.41. The van der Waals surface area contributed by atoms with E-state index in [0.717, 1.165) is 30.9 Å². The Kier molecular flexibility index (Phi) is 8.33. The van der Waals surface area contributed by atoms with E-state index >= 15 is 0 Å². The number of ether oxygens (including phenoxy) is 1. The first-order valence-electron chi connectivity index (χ1n) is 8.56. The zero-order valence-corrected chi connectivity index (χ0v) is 14.2. The lowest BCUT2D eigenvalue weighted by Gasteiger charge is -2.17. The fourth-order valence-corrected chi connectivity index (χ4v) is 4.24. The Bertz CT molecular complexity index is 298. The van der Waals surface area contributed by atoms with Crippen LogP contribution in [0.3, 0.4) is 0 Å². The first-order valence-corrected chi connectivity index (χ1v) is 9.61. The van der Waals surface area contributed by atoms with Crippen molar-refractivity contribution in [3.05, 3.63) is 0 Å². The maximum atomic E-state index is 5.99. The lowest BCUT2D eigenvalue weighted by Crippen LogP contribution is -2.41. The van der Waals surface area contributed by atoms with Crippen LogP contribution in [0.4, 0.5) is 0 Å². The summed E-state index contributed by atoms with van der Waals surface area (Å²) in [4.78, 5) is 4.28. The highest BCUT2D eigenvalue weighted by Gasteiger charge is 2.15. The molecular formula is C16H31N3OS. The monoisotopic (exact) mass is 313 g/mol. The summed E-state index contributed by atoms with van der Waals surface area (Å²) in [7, 11) is 1.84. The second-order valence-electron chi connectivity index (χ2n) is 6.00. The third kappa shape index (κ3) is 6.92. The standard InChI is InChI=1S/C16H31N3OS/c1-17-16(19-13-15-9-6-12-21-15)18-10-11-20-14-7-4-2-3-5-8-14/h14-15H,2-13H2,1H3,(H2,17,18,19). The molecule has 1 aliphatic heterocycles. The molecule has 1 atom stereocenters. The predicted octanol–water partition coefficient (Wildman–Crippen LogP) is 2.79. The molecule has 4 nitrogen and oxygen atoms in total. The fourth-order valence-electron chi connectivity index (χ4n) is 3.04. The average Bonchev–Trinajstić information content (AvgIpc) is 2.89. The van der Waals surface area contributed by atoms with Gasteiger partial charge in [0.25, 0.3) is 0 Å². The topological polar surface area (TPSA) is 45.7 Å². The summed E-state index contributed by atoms with van der Waals surface area (Å²) in [5, 5.41) is 7.53. The predicted molar refractivity (Wildman–Crippen MR) is 92.3 cm³/mol. The van der Waals surface area contributed by atoms with Crippen LogP contribution in [0.25, 0.3) is 0 Å². The number of guanidine groups is 1. The number of nitrogens with zero attached hydrogens (tertiary/aromatic N) is 1. The number of nitrogens with one attached hydrogen (secondary N) is 2. The van der Waals surface area contributed by atoms with E-state index in [1.807, 2.05) is 7.05 Å². The van der Waals surface area contributed by atoms with Crippen molar-refractivity contribution < 1.29 is 4.74 Å². The minimum absolute atomic E-state index is 0.485. The van der Waals surface area contributed by atoms with Gasteiger partial charge in [-0.1, -0.05) is 25.7 Å².